The second-order valence-corrected chi connectivity index (χ2v) is 4.51. The van der Waals surface area contributed by atoms with Gasteiger partial charge in [-0.25, -0.2) is 0 Å². The maximum Gasteiger partial charge on any atom is 0.0852 e. The lowest BCUT2D eigenvalue weighted by molar-refractivity contribution is 0.174. The summed E-state index contributed by atoms with van der Waals surface area (Å²) in [5.41, 5.74) is 1.82. The summed E-state index contributed by atoms with van der Waals surface area (Å²) in [7, 11) is 1.81. The van der Waals surface area contributed by atoms with Crippen LogP contribution in [0.15, 0.2) is 30.5 Å². The zero-order chi connectivity index (χ0) is 12.3. The molecule has 0 saturated carbocycles. The number of aliphatic hydroxyl groups is 1. The first-order valence-electron chi connectivity index (χ1n) is 5.41. The van der Waals surface area contributed by atoms with Crippen molar-refractivity contribution in [2.75, 3.05) is 0 Å². The maximum atomic E-state index is 9.94. The number of hydrogen-bond donors (Lipinski definition) is 1. The molecule has 0 aliphatic rings. The Balaban J connectivity index is 1.95. The minimum atomic E-state index is -0.467. The van der Waals surface area contributed by atoms with Gasteiger partial charge in [0.05, 0.1) is 11.8 Å². The molecule has 2 rings (SSSR count). The van der Waals surface area contributed by atoms with Gasteiger partial charge in [-0.2, -0.15) is 0 Å². The van der Waals surface area contributed by atoms with E-state index < -0.39 is 6.10 Å². The van der Waals surface area contributed by atoms with Gasteiger partial charge in [-0.3, -0.25) is 4.68 Å². The van der Waals surface area contributed by atoms with Crippen molar-refractivity contribution in [3.63, 3.8) is 0 Å². The van der Waals surface area contributed by atoms with E-state index in [1.807, 2.05) is 24.3 Å². The van der Waals surface area contributed by atoms with Gasteiger partial charge in [0.25, 0.3) is 0 Å². The summed E-state index contributed by atoms with van der Waals surface area (Å²) in [5, 5.41) is 18.4. The normalized spacial score (nSPS) is 12.6. The average molecular weight is 252 g/mol. The number of aryl methyl sites for hydroxylation is 1. The minimum Gasteiger partial charge on any atom is -0.392 e. The van der Waals surface area contributed by atoms with Gasteiger partial charge in [0.2, 0.25) is 0 Å². The largest absolute Gasteiger partial charge is 0.392 e. The zero-order valence-electron chi connectivity index (χ0n) is 9.55. The molecule has 1 aromatic heterocycles. The molecule has 1 heterocycles. The predicted octanol–water partition coefficient (Wildman–Crippen LogP) is 1.61. The molecule has 4 nitrogen and oxygen atoms in total. The Morgan fingerprint density at radius 2 is 2.24 bits per heavy atom. The molecule has 0 fully saturated rings. The van der Waals surface area contributed by atoms with Crippen molar-refractivity contribution in [3.05, 3.63) is 46.7 Å². The lowest BCUT2D eigenvalue weighted by Crippen LogP contribution is -2.14. The lowest BCUT2D eigenvalue weighted by atomic mass is 10.0. The fourth-order valence-corrected chi connectivity index (χ4v) is 1.95. The monoisotopic (exact) mass is 251 g/mol. The molecular formula is C12H14ClN3O. The number of aliphatic hydroxyl groups excluding tert-OH is 1. The Morgan fingerprint density at radius 1 is 1.41 bits per heavy atom. The van der Waals surface area contributed by atoms with Crippen LogP contribution in [0.5, 0.6) is 0 Å². The molecule has 90 valence electrons. The summed E-state index contributed by atoms with van der Waals surface area (Å²) < 4.78 is 1.63. The maximum absolute atomic E-state index is 9.94. The Hall–Kier alpha value is -1.39. The summed E-state index contributed by atoms with van der Waals surface area (Å²) >= 11 is 5.88. The van der Waals surface area contributed by atoms with Crippen LogP contribution in [0, 0.1) is 0 Å². The quantitative estimate of drug-likeness (QED) is 0.898. The minimum absolute atomic E-state index is 0.467. The molecule has 0 aliphatic carbocycles. The van der Waals surface area contributed by atoms with E-state index in [1.165, 1.54) is 0 Å². The molecule has 5 heteroatoms. The highest BCUT2D eigenvalue weighted by atomic mass is 35.5. The van der Waals surface area contributed by atoms with Crippen molar-refractivity contribution < 1.29 is 5.11 Å². The van der Waals surface area contributed by atoms with Crippen molar-refractivity contribution >= 4 is 11.6 Å². The first kappa shape index (κ1) is 12.1. The third-order valence-corrected chi connectivity index (χ3v) is 2.69. The summed E-state index contributed by atoms with van der Waals surface area (Å²) in [6.07, 6.45) is 2.41. The fourth-order valence-electron chi connectivity index (χ4n) is 1.74. The molecule has 0 amide bonds. The van der Waals surface area contributed by atoms with Crippen molar-refractivity contribution in [1.29, 1.82) is 0 Å². The van der Waals surface area contributed by atoms with Gasteiger partial charge >= 0.3 is 0 Å². The molecular weight excluding hydrogens is 238 g/mol. The lowest BCUT2D eigenvalue weighted by Gasteiger charge is -2.08. The van der Waals surface area contributed by atoms with Gasteiger partial charge in [0.1, 0.15) is 0 Å². The molecule has 17 heavy (non-hydrogen) atoms. The van der Waals surface area contributed by atoms with E-state index in [1.54, 1.807) is 17.9 Å². The summed E-state index contributed by atoms with van der Waals surface area (Å²) in [6.45, 7) is 0. The van der Waals surface area contributed by atoms with Crippen LogP contribution in [-0.2, 0) is 19.9 Å². The highest BCUT2D eigenvalue weighted by molar-refractivity contribution is 6.30. The molecule has 0 saturated heterocycles. The van der Waals surface area contributed by atoms with Gasteiger partial charge in [0.15, 0.2) is 0 Å². The van der Waals surface area contributed by atoms with Crippen LogP contribution in [-0.4, -0.2) is 26.2 Å². The average Bonchev–Trinajstić information content (AvgIpc) is 2.63. The van der Waals surface area contributed by atoms with Gasteiger partial charge < -0.3 is 5.11 Å². The highest BCUT2D eigenvalue weighted by Gasteiger charge is 2.09. The summed E-state index contributed by atoms with van der Waals surface area (Å²) in [6, 6.07) is 7.51. The van der Waals surface area contributed by atoms with Crippen LogP contribution in [0.4, 0.5) is 0 Å². The van der Waals surface area contributed by atoms with Crippen molar-refractivity contribution in [3.8, 4) is 0 Å². The molecule has 2 aromatic rings. The SMILES string of the molecule is Cn1cc(CC(O)Cc2cccc(Cl)c2)nn1. The number of benzene rings is 1. The third-order valence-electron chi connectivity index (χ3n) is 2.46. The molecule has 0 bridgehead atoms. The van der Waals surface area contributed by atoms with E-state index >= 15 is 0 Å². The number of hydrogen-bond acceptors (Lipinski definition) is 3. The van der Waals surface area contributed by atoms with Gasteiger partial charge in [-0.15, -0.1) is 5.10 Å². The molecule has 0 spiro atoms. The molecule has 0 radical (unpaired) electrons. The zero-order valence-corrected chi connectivity index (χ0v) is 10.3. The Labute approximate surface area is 105 Å². The van der Waals surface area contributed by atoms with Crippen molar-refractivity contribution in [1.82, 2.24) is 15.0 Å². The smallest absolute Gasteiger partial charge is 0.0852 e. The van der Waals surface area contributed by atoms with Crippen LogP contribution in [0.2, 0.25) is 5.02 Å². The number of nitrogens with zero attached hydrogens (tertiary/aromatic N) is 3. The van der Waals surface area contributed by atoms with E-state index in [2.05, 4.69) is 10.3 Å². The van der Waals surface area contributed by atoms with E-state index in [0.717, 1.165) is 11.3 Å². The molecule has 1 N–H and O–H groups in total. The first-order valence-corrected chi connectivity index (χ1v) is 5.79. The number of halogens is 1. The van der Waals surface area contributed by atoms with Crippen molar-refractivity contribution in [2.45, 2.75) is 18.9 Å². The second-order valence-electron chi connectivity index (χ2n) is 4.08. The number of aromatic nitrogens is 3. The number of rotatable bonds is 4. The van der Waals surface area contributed by atoms with E-state index in [0.29, 0.717) is 17.9 Å². The van der Waals surface area contributed by atoms with Crippen LogP contribution in [0.1, 0.15) is 11.3 Å². The highest BCUT2D eigenvalue weighted by Crippen LogP contribution is 2.13. The molecule has 1 aromatic carbocycles. The Kier molecular flexibility index (Phi) is 3.76. The van der Waals surface area contributed by atoms with Gasteiger partial charge in [-0.1, -0.05) is 28.9 Å². The Morgan fingerprint density at radius 3 is 2.88 bits per heavy atom. The van der Waals surface area contributed by atoms with Crippen LogP contribution < -0.4 is 0 Å². The van der Waals surface area contributed by atoms with Crippen LogP contribution in [0.25, 0.3) is 0 Å². The first-order chi connectivity index (χ1) is 8.13. The summed E-state index contributed by atoms with van der Waals surface area (Å²) in [5.74, 6) is 0. The van der Waals surface area contributed by atoms with Crippen LogP contribution >= 0.6 is 11.6 Å². The third kappa shape index (κ3) is 3.54. The van der Waals surface area contributed by atoms with Crippen molar-refractivity contribution in [2.24, 2.45) is 7.05 Å². The second kappa shape index (κ2) is 5.29. The standard InChI is InChI=1S/C12H14ClN3O/c1-16-8-11(14-15-16)7-12(17)6-9-3-2-4-10(13)5-9/h2-5,8,12,17H,6-7H2,1H3. The predicted molar refractivity (Wildman–Crippen MR) is 65.9 cm³/mol. The Bertz CT molecular complexity index is 498. The van der Waals surface area contributed by atoms with Gasteiger partial charge in [-0.05, 0) is 24.1 Å². The topological polar surface area (TPSA) is 50.9 Å². The molecule has 0 aliphatic heterocycles. The van der Waals surface area contributed by atoms with Gasteiger partial charge in [0, 0.05) is 24.7 Å². The van der Waals surface area contributed by atoms with E-state index in [9.17, 15) is 5.11 Å². The van der Waals surface area contributed by atoms with Crippen LogP contribution in [0.3, 0.4) is 0 Å². The molecule has 1 unspecified atom stereocenters. The fraction of sp³-hybridized carbons (Fsp3) is 0.333. The summed E-state index contributed by atoms with van der Waals surface area (Å²) in [4.78, 5) is 0. The molecule has 1 atom stereocenters. The van der Waals surface area contributed by atoms with E-state index in [4.69, 9.17) is 11.6 Å². The van der Waals surface area contributed by atoms with E-state index in [-0.39, 0.29) is 0 Å².